The van der Waals surface area contributed by atoms with E-state index >= 15 is 0 Å². The number of ether oxygens (including phenoxy) is 1. The maximum Gasteiger partial charge on any atom is 0.264 e. The Kier molecular flexibility index (Phi) is 4.64. The third kappa shape index (κ3) is 3.71. The molecule has 2 aromatic heterocycles. The summed E-state index contributed by atoms with van der Waals surface area (Å²) in [5.74, 6) is 0.451. The van der Waals surface area contributed by atoms with Gasteiger partial charge in [-0.25, -0.2) is 4.98 Å². The topological polar surface area (TPSA) is 67.0 Å². The predicted molar refractivity (Wildman–Crippen MR) is 109 cm³/mol. The molecule has 0 saturated carbocycles. The molecule has 27 heavy (non-hydrogen) atoms. The van der Waals surface area contributed by atoms with Gasteiger partial charge in [0.2, 0.25) is 0 Å². The van der Waals surface area contributed by atoms with Gasteiger partial charge in [0.15, 0.2) is 11.7 Å². The quantitative estimate of drug-likeness (QED) is 0.518. The molecule has 0 bridgehead atoms. The minimum Gasteiger partial charge on any atom is -0.484 e. The molecule has 0 unspecified atom stereocenters. The Morgan fingerprint density at radius 3 is 2.89 bits per heavy atom. The van der Waals surface area contributed by atoms with Crippen molar-refractivity contribution < 1.29 is 9.53 Å². The first-order valence-electron chi connectivity index (χ1n) is 8.62. The fraction of sp³-hybridized carbons (Fsp3) is 0.143. The number of nitrogens with zero attached hydrogens (tertiary/aromatic N) is 1. The van der Waals surface area contributed by atoms with E-state index in [1.54, 1.807) is 0 Å². The highest BCUT2D eigenvalue weighted by atomic mass is 32.1. The second kappa shape index (κ2) is 7.25. The Balaban J connectivity index is 1.46. The number of aryl methyl sites for hydroxylation is 2. The molecule has 4 rings (SSSR count). The highest BCUT2D eigenvalue weighted by Gasteiger charge is 2.14. The number of benzene rings is 2. The highest BCUT2D eigenvalue weighted by molar-refractivity contribution is 7.14. The van der Waals surface area contributed by atoms with E-state index in [9.17, 15) is 4.79 Å². The molecule has 0 atom stereocenters. The number of fused-ring (bicyclic) bond motifs is 1. The first-order valence-corrected chi connectivity index (χ1v) is 9.50. The van der Waals surface area contributed by atoms with Crippen LogP contribution in [0.4, 0.5) is 5.13 Å². The third-order valence-corrected chi connectivity index (χ3v) is 5.02. The van der Waals surface area contributed by atoms with Crippen LogP contribution in [0.2, 0.25) is 0 Å². The first kappa shape index (κ1) is 17.3. The van der Waals surface area contributed by atoms with Crippen molar-refractivity contribution in [1.82, 2.24) is 9.97 Å². The molecular weight excluding hydrogens is 358 g/mol. The van der Waals surface area contributed by atoms with E-state index in [1.165, 1.54) is 11.3 Å². The molecular formula is C21H19N3O2S. The molecule has 0 fully saturated rings. The lowest BCUT2D eigenvalue weighted by Gasteiger charge is -2.06. The number of aromatic amines is 1. The van der Waals surface area contributed by atoms with Gasteiger partial charge >= 0.3 is 0 Å². The molecule has 0 spiro atoms. The summed E-state index contributed by atoms with van der Waals surface area (Å²) in [6.45, 7) is 3.96. The molecule has 0 radical (unpaired) electrons. The zero-order valence-corrected chi connectivity index (χ0v) is 15.9. The minimum absolute atomic E-state index is 0.0511. The van der Waals surface area contributed by atoms with Crippen LogP contribution in [0.3, 0.4) is 0 Å². The first-order chi connectivity index (χ1) is 13.1. The van der Waals surface area contributed by atoms with E-state index in [4.69, 9.17) is 4.74 Å². The number of carbonyl (C=O) groups excluding carboxylic acids is 1. The van der Waals surface area contributed by atoms with Gasteiger partial charge in [0.25, 0.3) is 5.91 Å². The summed E-state index contributed by atoms with van der Waals surface area (Å²) in [5, 5.41) is 6.46. The van der Waals surface area contributed by atoms with Crippen molar-refractivity contribution in [3.63, 3.8) is 0 Å². The van der Waals surface area contributed by atoms with E-state index in [-0.39, 0.29) is 12.5 Å². The van der Waals surface area contributed by atoms with E-state index in [0.717, 1.165) is 33.4 Å². The standard InChI is InChI=1S/C21H19N3O2S/c1-13-6-5-7-15(10-13)26-11-19(25)24-21-23-18(12-27-21)20-14(2)22-17-9-4-3-8-16(17)20/h3-10,12,22H,11H2,1-2H3,(H,23,24,25). The highest BCUT2D eigenvalue weighted by Crippen LogP contribution is 2.33. The van der Waals surface area contributed by atoms with E-state index in [0.29, 0.717) is 10.9 Å². The Labute approximate surface area is 161 Å². The number of nitrogens with one attached hydrogen (secondary N) is 2. The Morgan fingerprint density at radius 1 is 1.19 bits per heavy atom. The maximum atomic E-state index is 12.2. The number of H-pyrrole nitrogens is 1. The summed E-state index contributed by atoms with van der Waals surface area (Å²) in [6.07, 6.45) is 0. The van der Waals surface area contributed by atoms with Gasteiger partial charge < -0.3 is 9.72 Å². The lowest BCUT2D eigenvalue weighted by molar-refractivity contribution is -0.118. The van der Waals surface area contributed by atoms with Crippen molar-refractivity contribution in [3.05, 3.63) is 65.2 Å². The summed E-state index contributed by atoms with van der Waals surface area (Å²) in [4.78, 5) is 20.1. The molecule has 0 aliphatic rings. The number of hydrogen-bond donors (Lipinski definition) is 2. The molecule has 2 aromatic carbocycles. The smallest absolute Gasteiger partial charge is 0.264 e. The van der Waals surface area contributed by atoms with Crippen molar-refractivity contribution in [2.24, 2.45) is 0 Å². The van der Waals surface area contributed by atoms with Gasteiger partial charge in [-0.3, -0.25) is 10.1 Å². The van der Waals surface area contributed by atoms with Crippen LogP contribution in [0, 0.1) is 13.8 Å². The number of para-hydroxylation sites is 1. The molecule has 2 N–H and O–H groups in total. The molecule has 0 saturated heterocycles. The predicted octanol–water partition coefficient (Wildman–Crippen LogP) is 4.93. The number of amides is 1. The number of thiazole rings is 1. The van der Waals surface area contributed by atoms with Crippen molar-refractivity contribution in [3.8, 4) is 17.0 Å². The van der Waals surface area contributed by atoms with Crippen LogP contribution >= 0.6 is 11.3 Å². The molecule has 2 heterocycles. The summed E-state index contributed by atoms with van der Waals surface area (Å²) >= 11 is 1.40. The zero-order valence-electron chi connectivity index (χ0n) is 15.1. The van der Waals surface area contributed by atoms with Crippen LogP contribution in [0.25, 0.3) is 22.2 Å². The van der Waals surface area contributed by atoms with Crippen LogP contribution in [-0.4, -0.2) is 22.5 Å². The number of carbonyl (C=O) groups is 1. The summed E-state index contributed by atoms with van der Waals surface area (Å²) in [7, 11) is 0. The number of aromatic nitrogens is 2. The van der Waals surface area contributed by atoms with Gasteiger partial charge in [0.1, 0.15) is 5.75 Å². The number of rotatable bonds is 5. The Bertz CT molecular complexity index is 1110. The summed E-state index contributed by atoms with van der Waals surface area (Å²) < 4.78 is 5.54. The maximum absolute atomic E-state index is 12.2. The van der Waals surface area contributed by atoms with E-state index in [2.05, 4.69) is 21.4 Å². The van der Waals surface area contributed by atoms with Crippen LogP contribution < -0.4 is 10.1 Å². The average molecular weight is 377 g/mol. The monoisotopic (exact) mass is 377 g/mol. The van der Waals surface area contributed by atoms with Gasteiger partial charge in [0, 0.05) is 27.5 Å². The van der Waals surface area contributed by atoms with Crippen molar-refractivity contribution in [1.29, 1.82) is 0 Å². The van der Waals surface area contributed by atoms with Gasteiger partial charge in [-0.15, -0.1) is 11.3 Å². The molecule has 6 heteroatoms. The lowest BCUT2D eigenvalue weighted by atomic mass is 10.1. The largest absolute Gasteiger partial charge is 0.484 e. The lowest BCUT2D eigenvalue weighted by Crippen LogP contribution is -2.20. The Hall–Kier alpha value is -3.12. The van der Waals surface area contributed by atoms with Crippen molar-refractivity contribution >= 4 is 33.3 Å². The fourth-order valence-electron chi connectivity index (χ4n) is 3.06. The average Bonchev–Trinajstić information content (AvgIpc) is 3.23. The molecule has 136 valence electrons. The van der Waals surface area contributed by atoms with Gasteiger partial charge in [-0.1, -0.05) is 30.3 Å². The molecule has 4 aromatic rings. The van der Waals surface area contributed by atoms with Crippen molar-refractivity contribution in [2.45, 2.75) is 13.8 Å². The second-order valence-electron chi connectivity index (χ2n) is 6.36. The molecule has 0 aliphatic heterocycles. The minimum atomic E-state index is -0.229. The Morgan fingerprint density at radius 2 is 2.04 bits per heavy atom. The molecule has 0 aliphatic carbocycles. The third-order valence-electron chi connectivity index (χ3n) is 4.26. The number of hydrogen-bond acceptors (Lipinski definition) is 4. The number of anilines is 1. The van der Waals surface area contributed by atoms with Crippen LogP contribution in [0.15, 0.2) is 53.9 Å². The fourth-order valence-corrected chi connectivity index (χ4v) is 3.78. The molecule has 1 amide bonds. The van der Waals surface area contributed by atoms with Crippen LogP contribution in [-0.2, 0) is 4.79 Å². The van der Waals surface area contributed by atoms with Crippen LogP contribution in [0.1, 0.15) is 11.3 Å². The zero-order chi connectivity index (χ0) is 18.8. The van der Waals surface area contributed by atoms with Crippen LogP contribution in [0.5, 0.6) is 5.75 Å². The van der Waals surface area contributed by atoms with E-state index in [1.807, 2.05) is 61.7 Å². The van der Waals surface area contributed by atoms with Crippen molar-refractivity contribution in [2.75, 3.05) is 11.9 Å². The summed E-state index contributed by atoms with van der Waals surface area (Å²) in [5.41, 5.74) is 5.15. The van der Waals surface area contributed by atoms with E-state index < -0.39 is 0 Å². The summed E-state index contributed by atoms with van der Waals surface area (Å²) in [6, 6.07) is 15.7. The SMILES string of the molecule is Cc1cccc(OCC(=O)Nc2nc(-c3c(C)[nH]c4ccccc34)cs2)c1. The second-order valence-corrected chi connectivity index (χ2v) is 7.22. The molecule has 5 nitrogen and oxygen atoms in total. The van der Waals surface area contributed by atoms with Gasteiger partial charge in [-0.05, 0) is 37.6 Å². The van der Waals surface area contributed by atoms with Gasteiger partial charge in [0.05, 0.1) is 5.69 Å². The normalized spacial score (nSPS) is 10.9. The van der Waals surface area contributed by atoms with Gasteiger partial charge in [-0.2, -0.15) is 0 Å².